The van der Waals surface area contributed by atoms with Crippen LogP contribution in [0.4, 0.5) is 0 Å². The smallest absolute Gasteiger partial charge is 0.344 e. The van der Waals surface area contributed by atoms with Gasteiger partial charge in [-0.1, -0.05) is 11.3 Å². The number of aliphatic hydroxyl groups is 1. The summed E-state index contributed by atoms with van der Waals surface area (Å²) in [6.45, 7) is 1.66. The van der Waals surface area contributed by atoms with Gasteiger partial charge in [0.15, 0.2) is 6.21 Å². The minimum atomic E-state index is -0.993. The molecule has 0 aromatic carbocycles. The Labute approximate surface area is 61.6 Å². The van der Waals surface area contributed by atoms with Crippen molar-refractivity contribution < 1.29 is 9.35 Å². The van der Waals surface area contributed by atoms with Crippen molar-refractivity contribution in [1.29, 1.82) is 0 Å². The lowest BCUT2D eigenvalue weighted by atomic mass is 10.3. The van der Waals surface area contributed by atoms with Crippen LogP contribution in [0.15, 0.2) is 16.6 Å². The summed E-state index contributed by atoms with van der Waals surface area (Å²) in [6, 6.07) is 0. The van der Waals surface area contributed by atoms with Gasteiger partial charge in [-0.15, -0.1) is 0 Å². The molecule has 0 radical (unpaired) electrons. The SMILES string of the molecule is C[C@]1(O)C=[n+]2ccsc2=N1. The number of thiazole rings is 1. The number of rotatable bonds is 0. The van der Waals surface area contributed by atoms with Crippen LogP contribution in [-0.2, 0) is 0 Å². The number of nitrogens with zero attached hydrogens (tertiary/aromatic N) is 2. The summed E-state index contributed by atoms with van der Waals surface area (Å²) in [4.78, 5) is 4.88. The van der Waals surface area contributed by atoms with Crippen molar-refractivity contribution in [3.05, 3.63) is 22.6 Å². The fourth-order valence-corrected chi connectivity index (χ4v) is 1.74. The summed E-state index contributed by atoms with van der Waals surface area (Å²) in [5.41, 5.74) is -0.993. The van der Waals surface area contributed by atoms with Gasteiger partial charge >= 0.3 is 10.5 Å². The molecule has 0 saturated carbocycles. The summed E-state index contributed by atoms with van der Waals surface area (Å²) in [5.74, 6) is 0. The van der Waals surface area contributed by atoms with Gasteiger partial charge in [0, 0.05) is 12.3 Å². The van der Waals surface area contributed by atoms with E-state index in [0.29, 0.717) is 0 Å². The summed E-state index contributed by atoms with van der Waals surface area (Å²) in [6.07, 6.45) is 3.56. The van der Waals surface area contributed by atoms with Crippen LogP contribution in [0.3, 0.4) is 0 Å². The van der Waals surface area contributed by atoms with Gasteiger partial charge in [-0.2, -0.15) is 4.24 Å². The number of hydrogen-bond acceptors (Lipinski definition) is 3. The van der Waals surface area contributed by atoms with Crippen molar-refractivity contribution in [1.82, 2.24) is 0 Å². The first kappa shape index (κ1) is 6.00. The standard InChI is InChI=1S/C6H7N2OS/c1-6(9)4-8-2-3-10-5(8)7-6/h2-4,9H,1H3/q+1/t6-/m0/s1. The molecular formula is C6H7N2OS+. The maximum absolute atomic E-state index is 9.37. The van der Waals surface area contributed by atoms with E-state index in [-0.39, 0.29) is 0 Å². The molecule has 0 unspecified atom stereocenters. The van der Waals surface area contributed by atoms with Gasteiger partial charge in [0.05, 0.1) is 0 Å². The largest absolute Gasteiger partial charge is 0.384 e. The first-order valence-electron chi connectivity index (χ1n) is 2.97. The summed E-state index contributed by atoms with van der Waals surface area (Å²) in [7, 11) is 0. The number of aromatic nitrogens is 1. The monoisotopic (exact) mass is 155 g/mol. The van der Waals surface area contributed by atoms with E-state index >= 15 is 0 Å². The normalized spacial score (nSPS) is 29.0. The van der Waals surface area contributed by atoms with Gasteiger partial charge in [-0.25, -0.2) is 0 Å². The Morgan fingerprint density at radius 2 is 2.60 bits per heavy atom. The second kappa shape index (κ2) is 1.65. The van der Waals surface area contributed by atoms with Crippen LogP contribution >= 0.6 is 11.3 Å². The molecule has 1 aromatic rings. The Bertz CT molecular complexity index is 333. The maximum atomic E-state index is 9.37. The average molecular weight is 155 g/mol. The van der Waals surface area contributed by atoms with E-state index in [1.807, 2.05) is 15.8 Å². The Kier molecular flexibility index (Phi) is 0.988. The quantitative estimate of drug-likeness (QED) is 0.499. The third-order valence-electron chi connectivity index (χ3n) is 1.32. The highest BCUT2D eigenvalue weighted by molar-refractivity contribution is 7.06. The summed E-state index contributed by atoms with van der Waals surface area (Å²) in [5, 5.41) is 11.3. The lowest BCUT2D eigenvalue weighted by Crippen LogP contribution is -2.28. The van der Waals surface area contributed by atoms with Crippen LogP contribution in [-0.4, -0.2) is 10.8 Å². The maximum Gasteiger partial charge on any atom is 0.384 e. The molecule has 3 nitrogen and oxygen atoms in total. The highest BCUT2D eigenvalue weighted by Crippen LogP contribution is 2.04. The zero-order valence-electron chi connectivity index (χ0n) is 5.48. The Hall–Kier alpha value is -0.740. The van der Waals surface area contributed by atoms with Gasteiger partial charge in [-0.05, 0) is 4.99 Å². The zero-order valence-corrected chi connectivity index (χ0v) is 6.30. The van der Waals surface area contributed by atoms with E-state index in [9.17, 15) is 5.11 Å². The molecule has 2 heterocycles. The molecule has 1 aliphatic heterocycles. The number of fused-ring (bicyclic) bond motifs is 1. The van der Waals surface area contributed by atoms with E-state index in [0.717, 1.165) is 4.80 Å². The van der Waals surface area contributed by atoms with Gasteiger partial charge < -0.3 is 5.11 Å². The molecule has 0 amide bonds. The van der Waals surface area contributed by atoms with Crippen molar-refractivity contribution in [3.8, 4) is 0 Å². The van der Waals surface area contributed by atoms with Gasteiger partial charge in [-0.3, -0.25) is 0 Å². The zero-order chi connectivity index (χ0) is 7.19. The molecular weight excluding hydrogens is 148 g/mol. The minimum Gasteiger partial charge on any atom is -0.344 e. The van der Waals surface area contributed by atoms with Crippen molar-refractivity contribution >= 4 is 11.3 Å². The fraction of sp³-hybridized carbons (Fsp3) is 0.333. The molecule has 0 fully saturated rings. The van der Waals surface area contributed by atoms with E-state index < -0.39 is 5.72 Å². The molecule has 0 saturated heterocycles. The van der Waals surface area contributed by atoms with Crippen LogP contribution in [0, 0.1) is 6.21 Å². The Morgan fingerprint density at radius 1 is 1.80 bits per heavy atom. The molecule has 1 N–H and O–H groups in total. The van der Waals surface area contributed by atoms with Crippen LogP contribution < -0.4 is 9.04 Å². The topological polar surface area (TPSA) is 38.5 Å². The second-order valence-electron chi connectivity index (χ2n) is 2.43. The van der Waals surface area contributed by atoms with Crippen LogP contribution in [0.25, 0.3) is 0 Å². The highest BCUT2D eigenvalue weighted by atomic mass is 32.1. The van der Waals surface area contributed by atoms with Crippen LogP contribution in [0.1, 0.15) is 6.92 Å². The van der Waals surface area contributed by atoms with E-state index in [1.54, 1.807) is 13.1 Å². The van der Waals surface area contributed by atoms with Gasteiger partial charge in [0.25, 0.3) is 0 Å². The third-order valence-corrected chi connectivity index (χ3v) is 2.09. The number of hydrogen-bond donors (Lipinski definition) is 1. The van der Waals surface area contributed by atoms with E-state index in [4.69, 9.17) is 0 Å². The van der Waals surface area contributed by atoms with Crippen molar-refractivity contribution in [3.63, 3.8) is 0 Å². The van der Waals surface area contributed by atoms with E-state index in [1.165, 1.54) is 11.3 Å². The van der Waals surface area contributed by atoms with Gasteiger partial charge in [0.2, 0.25) is 0 Å². The summed E-state index contributed by atoms with van der Waals surface area (Å²) < 4.78 is 1.82. The predicted molar refractivity (Wildman–Crippen MR) is 36.0 cm³/mol. The van der Waals surface area contributed by atoms with Crippen LogP contribution in [0.5, 0.6) is 0 Å². The molecule has 0 bridgehead atoms. The van der Waals surface area contributed by atoms with Gasteiger partial charge in [0.1, 0.15) is 6.20 Å². The van der Waals surface area contributed by atoms with Crippen LogP contribution in [0.2, 0.25) is 0 Å². The van der Waals surface area contributed by atoms with Crippen molar-refractivity contribution in [2.45, 2.75) is 12.6 Å². The minimum absolute atomic E-state index is 0.852. The molecule has 2 rings (SSSR count). The lowest BCUT2D eigenvalue weighted by Gasteiger charge is -1.95. The molecule has 0 aliphatic carbocycles. The lowest BCUT2D eigenvalue weighted by molar-refractivity contribution is -0.519. The molecule has 4 heteroatoms. The van der Waals surface area contributed by atoms with Crippen molar-refractivity contribution in [2.24, 2.45) is 4.99 Å². The molecule has 52 valence electrons. The fourth-order valence-electron chi connectivity index (χ4n) is 0.950. The molecule has 1 atom stereocenters. The van der Waals surface area contributed by atoms with Crippen molar-refractivity contribution in [2.75, 3.05) is 0 Å². The highest BCUT2D eigenvalue weighted by Gasteiger charge is 2.30. The first-order valence-corrected chi connectivity index (χ1v) is 3.85. The Morgan fingerprint density at radius 3 is 3.30 bits per heavy atom. The Balaban J connectivity index is 2.80. The molecule has 1 aromatic heterocycles. The molecule has 0 spiro atoms. The first-order chi connectivity index (χ1) is 4.67. The summed E-state index contributed by atoms with van der Waals surface area (Å²) >= 11 is 1.52. The second-order valence-corrected chi connectivity index (χ2v) is 3.30. The van der Waals surface area contributed by atoms with E-state index in [2.05, 4.69) is 4.99 Å². The average Bonchev–Trinajstić information content (AvgIpc) is 2.20. The predicted octanol–water partition coefficient (Wildman–Crippen LogP) is -0.613. The third kappa shape index (κ3) is 0.767. The molecule has 1 aliphatic rings. The molecule has 10 heavy (non-hydrogen) atoms.